The Balaban J connectivity index is 1.47. The second-order valence-corrected chi connectivity index (χ2v) is 8.38. The highest BCUT2D eigenvalue weighted by atomic mass is 16.5. The number of methoxy groups -OCH3 is 1. The van der Waals surface area contributed by atoms with E-state index in [1.165, 1.54) is 7.11 Å². The van der Waals surface area contributed by atoms with Crippen LogP contribution in [0.25, 0.3) is 0 Å². The number of nitrogens with one attached hydrogen (secondary N) is 1. The second kappa shape index (κ2) is 8.76. The molecule has 0 bridgehead atoms. The number of fused-ring (bicyclic) bond motifs is 2. The molecule has 2 amide bonds. The first-order valence-corrected chi connectivity index (χ1v) is 10.7. The highest BCUT2D eigenvalue weighted by Gasteiger charge is 2.48. The SMILES string of the molecule is COc1ccc2c(c1)[C@](O)([C@@H](C)/C=C/CC(=O)N1Cc3ccccc3C[C@H]1CO)C(=O)N2. The Bertz CT molecular complexity index is 1070. The van der Waals surface area contributed by atoms with Gasteiger partial charge in [-0.15, -0.1) is 0 Å². The summed E-state index contributed by atoms with van der Waals surface area (Å²) in [5, 5.41) is 23.8. The topological polar surface area (TPSA) is 99.1 Å². The zero-order valence-corrected chi connectivity index (χ0v) is 18.2. The summed E-state index contributed by atoms with van der Waals surface area (Å²) in [7, 11) is 1.53. The van der Waals surface area contributed by atoms with Gasteiger partial charge >= 0.3 is 0 Å². The highest BCUT2D eigenvalue weighted by Crippen LogP contribution is 2.43. The van der Waals surface area contributed by atoms with Crippen molar-refractivity contribution in [2.45, 2.75) is 38.0 Å². The average molecular weight is 437 g/mol. The molecule has 0 spiro atoms. The third kappa shape index (κ3) is 3.78. The van der Waals surface area contributed by atoms with E-state index >= 15 is 0 Å². The number of carbonyl (C=O) groups excluding carboxylic acids is 2. The highest BCUT2D eigenvalue weighted by molar-refractivity contribution is 6.05. The molecular formula is C25H28N2O5. The minimum atomic E-state index is -1.75. The fraction of sp³-hybridized carbons (Fsp3) is 0.360. The molecule has 2 aliphatic rings. The van der Waals surface area contributed by atoms with Crippen LogP contribution in [-0.4, -0.2) is 46.7 Å². The van der Waals surface area contributed by atoms with Gasteiger partial charge in [0.1, 0.15) is 5.75 Å². The molecular weight excluding hydrogens is 408 g/mol. The van der Waals surface area contributed by atoms with Gasteiger partial charge in [-0.2, -0.15) is 0 Å². The van der Waals surface area contributed by atoms with E-state index in [9.17, 15) is 19.8 Å². The van der Waals surface area contributed by atoms with E-state index in [1.807, 2.05) is 24.3 Å². The predicted octanol–water partition coefficient (Wildman–Crippen LogP) is 2.36. The minimum absolute atomic E-state index is 0.0985. The van der Waals surface area contributed by atoms with Crippen molar-refractivity contribution in [1.29, 1.82) is 0 Å². The molecule has 0 saturated heterocycles. The lowest BCUT2D eigenvalue weighted by Gasteiger charge is -2.36. The van der Waals surface area contributed by atoms with Crippen LogP contribution < -0.4 is 10.1 Å². The third-order valence-corrected chi connectivity index (χ3v) is 6.49. The molecule has 2 aromatic carbocycles. The first-order chi connectivity index (χ1) is 15.4. The molecule has 7 heteroatoms. The van der Waals surface area contributed by atoms with Gasteiger partial charge in [0, 0.05) is 30.1 Å². The van der Waals surface area contributed by atoms with Crippen molar-refractivity contribution < 1.29 is 24.5 Å². The van der Waals surface area contributed by atoms with Gasteiger partial charge in [0.15, 0.2) is 5.60 Å². The van der Waals surface area contributed by atoms with Crippen molar-refractivity contribution in [3.8, 4) is 5.75 Å². The fourth-order valence-corrected chi connectivity index (χ4v) is 4.54. The average Bonchev–Trinajstić information content (AvgIpc) is 3.08. The zero-order chi connectivity index (χ0) is 22.9. The molecule has 2 heterocycles. The van der Waals surface area contributed by atoms with Crippen LogP contribution in [0.15, 0.2) is 54.6 Å². The lowest BCUT2D eigenvalue weighted by molar-refractivity contribution is -0.137. The van der Waals surface area contributed by atoms with Crippen LogP contribution in [0.4, 0.5) is 5.69 Å². The van der Waals surface area contributed by atoms with Crippen LogP contribution in [0.3, 0.4) is 0 Å². The lowest BCUT2D eigenvalue weighted by atomic mass is 9.83. The Labute approximate surface area is 187 Å². The van der Waals surface area contributed by atoms with Crippen LogP contribution in [0, 0.1) is 5.92 Å². The van der Waals surface area contributed by atoms with E-state index in [1.54, 1.807) is 42.2 Å². The van der Waals surface area contributed by atoms with Gasteiger partial charge in [0.2, 0.25) is 5.91 Å². The maximum Gasteiger partial charge on any atom is 0.261 e. The molecule has 0 fully saturated rings. The number of nitrogens with zero attached hydrogens (tertiary/aromatic N) is 1. The summed E-state index contributed by atoms with van der Waals surface area (Å²) in [6.45, 7) is 2.10. The van der Waals surface area contributed by atoms with Crippen molar-refractivity contribution in [1.82, 2.24) is 4.90 Å². The molecule has 168 valence electrons. The van der Waals surface area contributed by atoms with E-state index in [0.717, 1.165) is 11.1 Å². The number of hydrogen-bond acceptors (Lipinski definition) is 5. The van der Waals surface area contributed by atoms with Gasteiger partial charge in [0.05, 0.1) is 19.8 Å². The van der Waals surface area contributed by atoms with Crippen LogP contribution in [0.5, 0.6) is 5.75 Å². The molecule has 3 atom stereocenters. The number of amides is 2. The molecule has 0 unspecified atom stereocenters. The Morgan fingerprint density at radius 2 is 2.06 bits per heavy atom. The second-order valence-electron chi connectivity index (χ2n) is 8.38. The van der Waals surface area contributed by atoms with Crippen molar-refractivity contribution in [3.63, 3.8) is 0 Å². The monoisotopic (exact) mass is 436 g/mol. The van der Waals surface area contributed by atoms with Gasteiger partial charge in [-0.3, -0.25) is 9.59 Å². The maximum atomic E-state index is 12.9. The smallest absolute Gasteiger partial charge is 0.261 e. The van der Waals surface area contributed by atoms with Gasteiger partial charge in [0.25, 0.3) is 5.91 Å². The van der Waals surface area contributed by atoms with Crippen molar-refractivity contribution in [2.75, 3.05) is 19.0 Å². The molecule has 3 N–H and O–H groups in total. The summed E-state index contributed by atoms with van der Waals surface area (Å²) in [6, 6.07) is 12.8. The number of rotatable bonds is 6. The summed E-state index contributed by atoms with van der Waals surface area (Å²) in [4.78, 5) is 27.2. The van der Waals surface area contributed by atoms with Gasteiger partial charge < -0.3 is 25.2 Å². The number of anilines is 1. The quantitative estimate of drug-likeness (QED) is 0.604. The number of ether oxygens (including phenoxy) is 1. The molecule has 7 nitrogen and oxygen atoms in total. The van der Waals surface area contributed by atoms with Crippen LogP contribution >= 0.6 is 0 Å². The molecule has 4 rings (SSSR count). The zero-order valence-electron chi connectivity index (χ0n) is 18.2. The number of aliphatic hydroxyl groups excluding tert-OH is 1. The first kappa shape index (κ1) is 22.0. The van der Waals surface area contributed by atoms with Crippen molar-refractivity contribution >= 4 is 17.5 Å². The van der Waals surface area contributed by atoms with E-state index in [4.69, 9.17) is 4.74 Å². The van der Waals surface area contributed by atoms with E-state index in [-0.39, 0.29) is 25.0 Å². The molecule has 0 saturated carbocycles. The van der Waals surface area contributed by atoms with E-state index < -0.39 is 17.4 Å². The number of aliphatic hydroxyl groups is 2. The first-order valence-electron chi connectivity index (χ1n) is 10.7. The van der Waals surface area contributed by atoms with Crippen LogP contribution in [0.2, 0.25) is 0 Å². The molecule has 0 radical (unpaired) electrons. The third-order valence-electron chi connectivity index (χ3n) is 6.49. The maximum absolute atomic E-state index is 12.9. The summed E-state index contributed by atoms with van der Waals surface area (Å²) >= 11 is 0. The molecule has 2 aliphatic heterocycles. The molecule has 32 heavy (non-hydrogen) atoms. The van der Waals surface area contributed by atoms with Gasteiger partial charge in [-0.1, -0.05) is 43.3 Å². The fourth-order valence-electron chi connectivity index (χ4n) is 4.54. The Morgan fingerprint density at radius 3 is 2.78 bits per heavy atom. The van der Waals surface area contributed by atoms with Gasteiger partial charge in [-0.25, -0.2) is 0 Å². The standard InChI is InChI=1S/C25H28N2O5/c1-16(25(31)21-13-20(32-2)10-11-22(21)26-24(25)30)6-5-9-23(29)27-14-18-8-4-3-7-17(18)12-19(27)15-28/h3-8,10-11,13,16,19,28,31H,9,12,14-15H2,1-2H3,(H,26,30)/b6-5+/t16-,19-,25+/m0/s1. The Morgan fingerprint density at radius 1 is 1.31 bits per heavy atom. The summed E-state index contributed by atoms with van der Waals surface area (Å²) in [6.07, 6.45) is 4.12. The minimum Gasteiger partial charge on any atom is -0.497 e. The summed E-state index contributed by atoms with van der Waals surface area (Å²) in [5.74, 6) is -0.631. The lowest BCUT2D eigenvalue weighted by Crippen LogP contribution is -2.46. The number of carbonyl (C=O) groups is 2. The Hall–Kier alpha value is -3.16. The van der Waals surface area contributed by atoms with E-state index in [2.05, 4.69) is 5.32 Å². The number of hydrogen-bond donors (Lipinski definition) is 3. The summed E-state index contributed by atoms with van der Waals surface area (Å²) in [5.41, 5.74) is 1.50. The largest absolute Gasteiger partial charge is 0.497 e. The predicted molar refractivity (Wildman–Crippen MR) is 120 cm³/mol. The summed E-state index contributed by atoms with van der Waals surface area (Å²) < 4.78 is 5.23. The van der Waals surface area contributed by atoms with Gasteiger partial charge in [-0.05, 0) is 35.7 Å². The van der Waals surface area contributed by atoms with E-state index in [0.29, 0.717) is 30.0 Å². The molecule has 0 aromatic heterocycles. The Kier molecular flexibility index (Phi) is 6.04. The number of benzene rings is 2. The molecule has 2 aromatic rings. The van der Waals surface area contributed by atoms with Crippen LogP contribution in [0.1, 0.15) is 30.0 Å². The van der Waals surface area contributed by atoms with Crippen LogP contribution in [-0.2, 0) is 28.2 Å². The van der Waals surface area contributed by atoms with Crippen molar-refractivity contribution in [2.24, 2.45) is 5.92 Å². The normalized spacial score (nSPS) is 22.9. The molecule has 0 aliphatic carbocycles. The van der Waals surface area contributed by atoms with Crippen molar-refractivity contribution in [3.05, 3.63) is 71.3 Å².